The van der Waals surface area contributed by atoms with Crippen molar-refractivity contribution in [3.8, 4) is 5.69 Å². The molecule has 0 saturated heterocycles. The summed E-state index contributed by atoms with van der Waals surface area (Å²) in [6.07, 6.45) is 0. The monoisotopic (exact) mass is 385 g/mol. The van der Waals surface area contributed by atoms with Crippen LogP contribution in [0.15, 0.2) is 47.4 Å². The lowest BCUT2D eigenvalue weighted by Crippen LogP contribution is -2.15. The fourth-order valence-corrected chi connectivity index (χ4v) is 3.08. The standard InChI is InChI=1S/C18H19N5O3S/c1-11-4-7-15(10-12(11)2)23-13(3)17(21-22-23)18(24)20-14-5-8-16(9-6-14)27(19,25)26/h4-10H,1-3H3,(H,20,24)(H2,19,25,26). The van der Waals surface area contributed by atoms with Gasteiger partial charge in [0.1, 0.15) is 0 Å². The first-order chi connectivity index (χ1) is 12.7. The molecule has 3 rings (SSSR count). The normalized spacial score (nSPS) is 11.4. The van der Waals surface area contributed by atoms with Gasteiger partial charge in [-0.1, -0.05) is 11.3 Å². The summed E-state index contributed by atoms with van der Waals surface area (Å²) in [5.41, 5.74) is 4.30. The minimum Gasteiger partial charge on any atom is -0.321 e. The Morgan fingerprint density at radius 3 is 2.30 bits per heavy atom. The Hall–Kier alpha value is -3.04. The van der Waals surface area contributed by atoms with Crippen molar-refractivity contribution in [1.82, 2.24) is 15.0 Å². The first-order valence-electron chi connectivity index (χ1n) is 8.11. The minimum absolute atomic E-state index is 0.0302. The van der Waals surface area contributed by atoms with E-state index in [1.165, 1.54) is 24.3 Å². The number of hydrogen-bond donors (Lipinski definition) is 2. The molecule has 0 bridgehead atoms. The summed E-state index contributed by atoms with van der Waals surface area (Å²) in [7, 11) is -3.78. The summed E-state index contributed by atoms with van der Waals surface area (Å²) in [5, 5.41) is 15.8. The average molecular weight is 385 g/mol. The number of nitrogens with two attached hydrogens (primary N) is 1. The Balaban J connectivity index is 1.84. The number of aryl methyl sites for hydroxylation is 2. The first-order valence-corrected chi connectivity index (χ1v) is 9.65. The van der Waals surface area contributed by atoms with Crippen LogP contribution in [0.3, 0.4) is 0 Å². The van der Waals surface area contributed by atoms with Gasteiger partial charge in [-0.25, -0.2) is 18.2 Å². The molecule has 0 saturated carbocycles. The van der Waals surface area contributed by atoms with E-state index in [2.05, 4.69) is 15.6 Å². The lowest BCUT2D eigenvalue weighted by molar-refractivity contribution is 0.102. The van der Waals surface area contributed by atoms with E-state index in [0.717, 1.165) is 16.8 Å². The largest absolute Gasteiger partial charge is 0.321 e. The highest BCUT2D eigenvalue weighted by Crippen LogP contribution is 2.18. The van der Waals surface area contributed by atoms with Crippen molar-refractivity contribution in [2.75, 3.05) is 5.32 Å². The minimum atomic E-state index is -3.78. The van der Waals surface area contributed by atoms with Crippen molar-refractivity contribution in [2.45, 2.75) is 25.7 Å². The van der Waals surface area contributed by atoms with Crippen molar-refractivity contribution in [1.29, 1.82) is 0 Å². The van der Waals surface area contributed by atoms with Crippen LogP contribution >= 0.6 is 0 Å². The fraction of sp³-hybridized carbons (Fsp3) is 0.167. The summed E-state index contributed by atoms with van der Waals surface area (Å²) < 4.78 is 24.2. The molecule has 0 spiro atoms. The number of nitrogens with one attached hydrogen (secondary N) is 1. The third-order valence-corrected chi connectivity index (χ3v) is 5.21. The molecule has 0 atom stereocenters. The van der Waals surface area contributed by atoms with E-state index in [-0.39, 0.29) is 10.6 Å². The number of carbonyl (C=O) groups excluding carboxylic acids is 1. The Labute approximate surface area is 157 Å². The molecule has 140 valence electrons. The third-order valence-electron chi connectivity index (χ3n) is 4.29. The SMILES string of the molecule is Cc1ccc(-n2nnc(C(=O)Nc3ccc(S(N)(=O)=O)cc3)c2C)cc1C. The fourth-order valence-electron chi connectivity index (χ4n) is 2.56. The second kappa shape index (κ2) is 6.93. The van der Waals surface area contributed by atoms with Crippen LogP contribution in [0.25, 0.3) is 5.69 Å². The molecule has 1 heterocycles. The van der Waals surface area contributed by atoms with Crippen molar-refractivity contribution >= 4 is 21.6 Å². The number of hydrogen-bond acceptors (Lipinski definition) is 5. The number of amides is 1. The Bertz CT molecular complexity index is 1120. The smallest absolute Gasteiger partial charge is 0.278 e. The van der Waals surface area contributed by atoms with Gasteiger partial charge in [0, 0.05) is 5.69 Å². The van der Waals surface area contributed by atoms with Crippen LogP contribution in [-0.4, -0.2) is 29.3 Å². The number of anilines is 1. The van der Waals surface area contributed by atoms with Crippen LogP contribution in [0.2, 0.25) is 0 Å². The lowest BCUT2D eigenvalue weighted by atomic mass is 10.1. The second-order valence-electron chi connectivity index (χ2n) is 6.23. The van der Waals surface area contributed by atoms with Crippen LogP contribution in [0, 0.1) is 20.8 Å². The molecule has 0 unspecified atom stereocenters. The molecule has 8 nitrogen and oxygen atoms in total. The molecular weight excluding hydrogens is 366 g/mol. The zero-order valence-electron chi connectivity index (χ0n) is 15.1. The Kier molecular flexibility index (Phi) is 4.81. The van der Waals surface area contributed by atoms with Crippen LogP contribution in [-0.2, 0) is 10.0 Å². The van der Waals surface area contributed by atoms with E-state index in [9.17, 15) is 13.2 Å². The summed E-state index contributed by atoms with van der Waals surface area (Å²) >= 11 is 0. The van der Waals surface area contributed by atoms with Gasteiger partial charge in [-0.3, -0.25) is 4.79 Å². The molecule has 0 fully saturated rings. The van der Waals surface area contributed by atoms with E-state index in [1.54, 1.807) is 11.6 Å². The first kappa shape index (κ1) is 18.7. The van der Waals surface area contributed by atoms with Crippen LogP contribution < -0.4 is 10.5 Å². The molecule has 0 aliphatic carbocycles. The van der Waals surface area contributed by atoms with E-state index >= 15 is 0 Å². The zero-order valence-corrected chi connectivity index (χ0v) is 15.9. The summed E-state index contributed by atoms with van der Waals surface area (Å²) in [5.74, 6) is -0.439. The molecule has 2 aromatic carbocycles. The molecule has 0 aliphatic rings. The Morgan fingerprint density at radius 1 is 1.04 bits per heavy atom. The number of sulfonamides is 1. The molecule has 1 amide bonds. The van der Waals surface area contributed by atoms with Crippen molar-refractivity contribution in [3.63, 3.8) is 0 Å². The van der Waals surface area contributed by atoms with Gasteiger partial charge in [0.2, 0.25) is 10.0 Å². The molecule has 0 radical (unpaired) electrons. The van der Waals surface area contributed by atoms with Crippen LogP contribution in [0.4, 0.5) is 5.69 Å². The number of nitrogens with zero attached hydrogens (tertiary/aromatic N) is 3. The van der Waals surface area contributed by atoms with Gasteiger partial charge in [0.15, 0.2) is 5.69 Å². The highest BCUT2D eigenvalue weighted by Gasteiger charge is 2.18. The maximum Gasteiger partial charge on any atom is 0.278 e. The molecule has 3 N–H and O–H groups in total. The van der Waals surface area contributed by atoms with Crippen LogP contribution in [0.5, 0.6) is 0 Å². The highest BCUT2D eigenvalue weighted by atomic mass is 32.2. The van der Waals surface area contributed by atoms with Crippen molar-refractivity contribution in [2.24, 2.45) is 5.14 Å². The van der Waals surface area contributed by atoms with Crippen LogP contribution in [0.1, 0.15) is 27.3 Å². The number of aromatic nitrogens is 3. The van der Waals surface area contributed by atoms with E-state index in [1.807, 2.05) is 32.0 Å². The molecule has 27 heavy (non-hydrogen) atoms. The zero-order chi connectivity index (χ0) is 19.8. The number of rotatable bonds is 4. The van der Waals surface area contributed by atoms with Crippen molar-refractivity contribution in [3.05, 3.63) is 65.0 Å². The van der Waals surface area contributed by atoms with E-state index < -0.39 is 15.9 Å². The van der Waals surface area contributed by atoms with Gasteiger partial charge in [-0.05, 0) is 68.3 Å². The molecule has 9 heteroatoms. The second-order valence-corrected chi connectivity index (χ2v) is 7.79. The quantitative estimate of drug-likeness (QED) is 0.712. The van der Waals surface area contributed by atoms with Gasteiger partial charge < -0.3 is 5.32 Å². The average Bonchev–Trinajstić information content (AvgIpc) is 2.98. The molecular formula is C18H19N5O3S. The summed E-state index contributed by atoms with van der Waals surface area (Å²) in [6, 6.07) is 11.4. The van der Waals surface area contributed by atoms with Gasteiger partial charge in [0.25, 0.3) is 5.91 Å². The topological polar surface area (TPSA) is 120 Å². The van der Waals surface area contributed by atoms with Gasteiger partial charge in [0.05, 0.1) is 16.3 Å². The predicted molar refractivity (Wildman–Crippen MR) is 101 cm³/mol. The van der Waals surface area contributed by atoms with Crippen molar-refractivity contribution < 1.29 is 13.2 Å². The Morgan fingerprint density at radius 2 is 1.70 bits per heavy atom. The number of primary sulfonamides is 1. The maximum atomic E-state index is 12.5. The summed E-state index contributed by atoms with van der Waals surface area (Å²) in [4.78, 5) is 12.5. The highest BCUT2D eigenvalue weighted by molar-refractivity contribution is 7.89. The molecule has 1 aromatic heterocycles. The molecule has 0 aliphatic heterocycles. The third kappa shape index (κ3) is 3.88. The van der Waals surface area contributed by atoms with Gasteiger partial charge in [-0.15, -0.1) is 5.10 Å². The lowest BCUT2D eigenvalue weighted by Gasteiger charge is -2.07. The van der Waals surface area contributed by atoms with E-state index in [4.69, 9.17) is 5.14 Å². The van der Waals surface area contributed by atoms with Gasteiger partial charge >= 0.3 is 0 Å². The van der Waals surface area contributed by atoms with Gasteiger partial charge in [-0.2, -0.15) is 0 Å². The van der Waals surface area contributed by atoms with E-state index in [0.29, 0.717) is 11.4 Å². The summed E-state index contributed by atoms with van der Waals surface area (Å²) in [6.45, 7) is 5.78. The predicted octanol–water partition coefficient (Wildman–Crippen LogP) is 2.09. The number of carbonyl (C=O) groups is 1. The molecule has 3 aromatic rings. The number of benzene rings is 2. The maximum absolute atomic E-state index is 12.5.